The molecule has 1 aliphatic carbocycles. The van der Waals surface area contributed by atoms with Crippen molar-refractivity contribution in [3.8, 4) is 0 Å². The van der Waals surface area contributed by atoms with Crippen molar-refractivity contribution in [3.63, 3.8) is 0 Å². The fraction of sp³-hybridized carbons (Fsp3) is 1.00. The largest absolute Gasteiger partial charge is 0.343 e. The van der Waals surface area contributed by atoms with E-state index in [1.165, 1.54) is 19.3 Å². The molecule has 114 valence electrons. The van der Waals surface area contributed by atoms with Gasteiger partial charge in [-0.05, 0) is 52.6 Å². The average molecular weight is 298 g/mol. The molecule has 3 nitrogen and oxygen atoms in total. The molecule has 4 aliphatic heterocycles. The predicted octanol–water partition coefficient (Wildman–Crippen LogP) is 3.47. The predicted molar refractivity (Wildman–Crippen MR) is 80.5 cm³/mol. The van der Waals surface area contributed by atoms with E-state index in [0.717, 1.165) is 24.9 Å². The molecule has 1 saturated carbocycles. The first-order chi connectivity index (χ1) is 9.20. The average Bonchev–Trinajstić information content (AvgIpc) is 2.14. The quantitative estimate of drug-likeness (QED) is 0.731. The highest BCUT2D eigenvalue weighted by Gasteiger charge is 2.78. The molecule has 5 atom stereocenters. The van der Waals surface area contributed by atoms with E-state index >= 15 is 0 Å². The molecule has 0 aromatic rings. The summed E-state index contributed by atoms with van der Waals surface area (Å²) in [6, 6.07) is 0. The Bertz CT molecular complexity index is 415. The van der Waals surface area contributed by atoms with Gasteiger partial charge >= 0.3 is 0 Å². The second-order valence-electron chi connectivity index (χ2n) is 8.19. The summed E-state index contributed by atoms with van der Waals surface area (Å²) in [4.78, 5) is 0. The van der Waals surface area contributed by atoms with Crippen molar-refractivity contribution in [2.75, 3.05) is 6.16 Å². The van der Waals surface area contributed by atoms with Gasteiger partial charge in [0.1, 0.15) is 0 Å². The van der Waals surface area contributed by atoms with Crippen LogP contribution in [0.5, 0.6) is 0 Å². The van der Waals surface area contributed by atoms with Crippen molar-refractivity contribution in [1.82, 2.24) is 0 Å². The first kappa shape index (κ1) is 13.9. The first-order valence-electron chi connectivity index (χ1n) is 8.01. The second-order valence-corrected chi connectivity index (χ2v) is 8.60. The fourth-order valence-electron chi connectivity index (χ4n) is 6.31. The van der Waals surface area contributed by atoms with E-state index in [1.807, 2.05) is 0 Å². The van der Waals surface area contributed by atoms with Crippen LogP contribution < -0.4 is 0 Å². The molecule has 0 aromatic heterocycles. The highest BCUT2D eigenvalue weighted by Crippen LogP contribution is 2.71. The van der Waals surface area contributed by atoms with Crippen LogP contribution in [0.25, 0.3) is 0 Å². The molecular formula is C16H27O3P. The summed E-state index contributed by atoms with van der Waals surface area (Å²) >= 11 is 0. The van der Waals surface area contributed by atoms with Crippen molar-refractivity contribution in [1.29, 1.82) is 0 Å². The molecule has 4 heterocycles. The molecule has 0 spiro atoms. The van der Waals surface area contributed by atoms with Gasteiger partial charge in [-0.15, -0.1) is 9.24 Å². The van der Waals surface area contributed by atoms with E-state index in [1.54, 1.807) is 0 Å². The van der Waals surface area contributed by atoms with Crippen LogP contribution in [-0.4, -0.2) is 28.9 Å². The van der Waals surface area contributed by atoms with Crippen LogP contribution in [0, 0.1) is 11.3 Å². The van der Waals surface area contributed by atoms with Crippen LogP contribution in [0.15, 0.2) is 0 Å². The van der Waals surface area contributed by atoms with Crippen molar-refractivity contribution in [2.45, 2.75) is 82.6 Å². The third kappa shape index (κ3) is 1.37. The number of ether oxygens (including phenoxy) is 3. The SMILES string of the molecule is CC12CC3(C)OC(C)(CC(C)(O1)C3(CP)C1CCC1)O2. The molecule has 5 fully saturated rings. The van der Waals surface area contributed by atoms with Crippen molar-refractivity contribution < 1.29 is 14.2 Å². The molecule has 0 amide bonds. The zero-order chi connectivity index (χ0) is 14.4. The molecule has 0 aromatic carbocycles. The Morgan fingerprint density at radius 2 is 1.40 bits per heavy atom. The van der Waals surface area contributed by atoms with Gasteiger partial charge in [0.15, 0.2) is 11.6 Å². The molecule has 20 heavy (non-hydrogen) atoms. The van der Waals surface area contributed by atoms with Gasteiger partial charge in [-0.25, -0.2) is 0 Å². The molecular weight excluding hydrogens is 271 g/mol. The van der Waals surface area contributed by atoms with Gasteiger partial charge in [0.05, 0.1) is 11.2 Å². The maximum absolute atomic E-state index is 6.58. The lowest BCUT2D eigenvalue weighted by molar-refractivity contribution is -0.549. The minimum Gasteiger partial charge on any atom is -0.343 e. The van der Waals surface area contributed by atoms with Crippen LogP contribution in [0.3, 0.4) is 0 Å². The number of hydrogen-bond donors (Lipinski definition) is 0. The number of hydrogen-bond acceptors (Lipinski definition) is 3. The Labute approximate surface area is 124 Å². The molecule has 5 rings (SSSR count). The Balaban J connectivity index is 1.89. The lowest BCUT2D eigenvalue weighted by atomic mass is 9.46. The molecule has 4 bridgehead atoms. The molecule has 4 saturated heterocycles. The van der Waals surface area contributed by atoms with Crippen molar-refractivity contribution >= 4 is 9.24 Å². The number of rotatable bonds is 2. The Morgan fingerprint density at radius 3 is 1.75 bits per heavy atom. The summed E-state index contributed by atoms with van der Waals surface area (Å²) in [6.07, 6.45) is 6.73. The molecule has 0 N–H and O–H groups in total. The molecule has 5 unspecified atom stereocenters. The third-order valence-corrected chi connectivity index (χ3v) is 7.29. The maximum Gasteiger partial charge on any atom is 0.172 e. The molecule has 4 heteroatoms. The van der Waals surface area contributed by atoms with E-state index < -0.39 is 11.6 Å². The van der Waals surface area contributed by atoms with Gasteiger partial charge in [-0.1, -0.05) is 6.42 Å². The summed E-state index contributed by atoms with van der Waals surface area (Å²) in [7, 11) is 3.00. The topological polar surface area (TPSA) is 27.7 Å². The van der Waals surface area contributed by atoms with Gasteiger partial charge in [0.25, 0.3) is 0 Å². The highest BCUT2D eigenvalue weighted by molar-refractivity contribution is 7.16. The normalized spacial score (nSPS) is 61.6. The second kappa shape index (κ2) is 3.62. The van der Waals surface area contributed by atoms with E-state index in [4.69, 9.17) is 14.2 Å². The monoisotopic (exact) mass is 298 g/mol. The van der Waals surface area contributed by atoms with Gasteiger partial charge in [0.2, 0.25) is 0 Å². The van der Waals surface area contributed by atoms with Crippen LogP contribution in [0.2, 0.25) is 0 Å². The standard InChI is InChI=1S/C16H27O3P/c1-12-8-14(3)18-13(2,9-15(4,17-12)19-14)16(12,10-20)11-6-5-7-11/h11H,5-10,20H2,1-4H3. The highest BCUT2D eigenvalue weighted by atomic mass is 31.0. The summed E-state index contributed by atoms with van der Waals surface area (Å²) < 4.78 is 19.3. The van der Waals surface area contributed by atoms with E-state index in [2.05, 4.69) is 36.9 Å². The summed E-state index contributed by atoms with van der Waals surface area (Å²) in [5, 5.41) is 0. The molecule has 0 radical (unpaired) electrons. The van der Waals surface area contributed by atoms with Gasteiger partial charge in [-0.3, -0.25) is 0 Å². The Kier molecular flexibility index (Phi) is 2.52. The lowest BCUT2D eigenvalue weighted by Gasteiger charge is -2.76. The summed E-state index contributed by atoms with van der Waals surface area (Å²) in [6.45, 7) is 8.82. The zero-order valence-corrected chi connectivity index (χ0v) is 14.3. The Hall–Kier alpha value is 0.310. The van der Waals surface area contributed by atoms with Crippen LogP contribution >= 0.6 is 9.24 Å². The van der Waals surface area contributed by atoms with Crippen molar-refractivity contribution in [3.05, 3.63) is 0 Å². The zero-order valence-electron chi connectivity index (χ0n) is 13.1. The van der Waals surface area contributed by atoms with Crippen LogP contribution in [-0.2, 0) is 14.2 Å². The van der Waals surface area contributed by atoms with E-state index in [-0.39, 0.29) is 16.6 Å². The van der Waals surface area contributed by atoms with Gasteiger partial charge < -0.3 is 14.2 Å². The first-order valence-corrected chi connectivity index (χ1v) is 8.82. The Morgan fingerprint density at radius 1 is 0.900 bits per heavy atom. The lowest BCUT2D eigenvalue weighted by Crippen LogP contribution is -2.84. The van der Waals surface area contributed by atoms with Gasteiger partial charge in [-0.2, -0.15) is 0 Å². The van der Waals surface area contributed by atoms with E-state index in [0.29, 0.717) is 0 Å². The van der Waals surface area contributed by atoms with Crippen LogP contribution in [0.1, 0.15) is 59.8 Å². The van der Waals surface area contributed by atoms with Gasteiger partial charge in [0, 0.05) is 18.3 Å². The smallest absolute Gasteiger partial charge is 0.172 e. The van der Waals surface area contributed by atoms with Crippen LogP contribution in [0.4, 0.5) is 0 Å². The summed E-state index contributed by atoms with van der Waals surface area (Å²) in [5.41, 5.74) is -0.189. The van der Waals surface area contributed by atoms with E-state index in [9.17, 15) is 0 Å². The minimum atomic E-state index is -0.484. The summed E-state index contributed by atoms with van der Waals surface area (Å²) in [5.74, 6) is -0.244. The fourth-order valence-corrected chi connectivity index (χ4v) is 7.51. The van der Waals surface area contributed by atoms with Crippen molar-refractivity contribution in [2.24, 2.45) is 11.3 Å². The molecule has 5 aliphatic rings. The maximum atomic E-state index is 6.58. The third-order valence-electron chi connectivity index (χ3n) is 6.64. The minimum absolute atomic E-state index is 0.103.